The molecule has 1 saturated carbocycles. The highest BCUT2D eigenvalue weighted by Gasteiger charge is 2.30. The Kier molecular flexibility index (Phi) is 4.72. The van der Waals surface area contributed by atoms with E-state index < -0.39 is 19.9 Å². The number of rotatable bonds is 5. The lowest BCUT2D eigenvalue weighted by Crippen LogP contribution is -2.38. The van der Waals surface area contributed by atoms with Gasteiger partial charge in [0, 0.05) is 18.9 Å². The van der Waals surface area contributed by atoms with E-state index >= 15 is 0 Å². The van der Waals surface area contributed by atoms with Crippen molar-refractivity contribution in [3.63, 3.8) is 0 Å². The molecule has 0 heterocycles. The number of hydrogen-bond acceptors (Lipinski definition) is 5. The fourth-order valence-electron chi connectivity index (χ4n) is 2.54. The van der Waals surface area contributed by atoms with Crippen molar-refractivity contribution < 1.29 is 21.9 Å². The average Bonchev–Trinajstić information content (AvgIpc) is 2.84. The quantitative estimate of drug-likeness (QED) is 0.818. The summed E-state index contributed by atoms with van der Waals surface area (Å²) in [5.74, 6) is -0.0601. The van der Waals surface area contributed by atoms with Gasteiger partial charge < -0.3 is 5.11 Å². The number of benzene rings is 1. The van der Waals surface area contributed by atoms with Crippen LogP contribution in [0.1, 0.15) is 19.3 Å². The predicted molar refractivity (Wildman–Crippen MR) is 78.1 cm³/mol. The second-order valence-corrected chi connectivity index (χ2v) is 9.07. The van der Waals surface area contributed by atoms with Crippen molar-refractivity contribution in [1.82, 2.24) is 4.72 Å². The molecule has 0 radical (unpaired) electrons. The Morgan fingerprint density at radius 2 is 1.67 bits per heavy atom. The highest BCUT2D eigenvalue weighted by molar-refractivity contribution is 7.90. The largest absolute Gasteiger partial charge is 0.396 e. The molecule has 2 atom stereocenters. The Bertz CT molecular complexity index is 695. The van der Waals surface area contributed by atoms with Crippen LogP contribution in [0.5, 0.6) is 0 Å². The fraction of sp³-hybridized carbons (Fsp3) is 0.538. The molecule has 0 bridgehead atoms. The van der Waals surface area contributed by atoms with Gasteiger partial charge in [0.05, 0.1) is 9.79 Å². The third kappa shape index (κ3) is 3.82. The number of hydrogen-bond donors (Lipinski definition) is 2. The lowest BCUT2D eigenvalue weighted by Gasteiger charge is -2.19. The molecule has 1 aliphatic carbocycles. The Labute approximate surface area is 125 Å². The third-order valence-corrected chi connectivity index (χ3v) is 6.40. The Hall–Kier alpha value is -0.960. The molecule has 1 aromatic rings. The van der Waals surface area contributed by atoms with Gasteiger partial charge in [-0.2, -0.15) is 0 Å². The number of nitrogens with one attached hydrogen (secondary N) is 1. The maximum Gasteiger partial charge on any atom is 0.240 e. The van der Waals surface area contributed by atoms with Crippen LogP contribution in [0.2, 0.25) is 0 Å². The van der Waals surface area contributed by atoms with E-state index in [1.165, 1.54) is 24.3 Å². The molecule has 0 spiro atoms. The predicted octanol–water partition coefficient (Wildman–Crippen LogP) is 0.529. The highest BCUT2D eigenvalue weighted by atomic mass is 32.2. The van der Waals surface area contributed by atoms with Gasteiger partial charge in [-0.05, 0) is 43.0 Å². The molecule has 118 valence electrons. The minimum absolute atomic E-state index is 0.0264. The van der Waals surface area contributed by atoms with Crippen LogP contribution < -0.4 is 4.72 Å². The molecule has 1 fully saturated rings. The highest BCUT2D eigenvalue weighted by Crippen LogP contribution is 2.26. The van der Waals surface area contributed by atoms with Gasteiger partial charge in [-0.15, -0.1) is 0 Å². The molecule has 0 aromatic heterocycles. The minimum Gasteiger partial charge on any atom is -0.396 e. The molecule has 6 nitrogen and oxygen atoms in total. The maximum absolute atomic E-state index is 12.3. The topological polar surface area (TPSA) is 101 Å². The standard InChI is InChI=1S/C13H19NO5S2/c1-20(16,17)11-5-7-12(8-6-11)21(18,19)14-13-4-2-3-10(13)9-15/h5-8,10,13-15H,2-4,9H2,1H3. The van der Waals surface area contributed by atoms with Crippen LogP contribution in [-0.4, -0.2) is 40.8 Å². The summed E-state index contributed by atoms with van der Waals surface area (Å²) < 4.78 is 49.9. The first-order valence-electron chi connectivity index (χ1n) is 6.67. The summed E-state index contributed by atoms with van der Waals surface area (Å²) in [4.78, 5) is 0.106. The van der Waals surface area contributed by atoms with Gasteiger partial charge >= 0.3 is 0 Å². The second kappa shape index (κ2) is 6.04. The van der Waals surface area contributed by atoms with Gasteiger partial charge in [-0.1, -0.05) is 6.42 Å². The minimum atomic E-state index is -3.70. The van der Waals surface area contributed by atoms with E-state index in [2.05, 4.69) is 4.72 Å². The Balaban J connectivity index is 2.20. The molecule has 1 aromatic carbocycles. The van der Waals surface area contributed by atoms with Crippen LogP contribution in [0.25, 0.3) is 0 Å². The summed E-state index contributed by atoms with van der Waals surface area (Å²) >= 11 is 0. The molecule has 2 rings (SSSR count). The van der Waals surface area contributed by atoms with Gasteiger partial charge in [0.25, 0.3) is 0 Å². The van der Waals surface area contributed by atoms with Crippen LogP contribution in [0.15, 0.2) is 34.1 Å². The molecule has 1 aliphatic rings. The number of sulfonamides is 1. The summed E-state index contributed by atoms with van der Waals surface area (Å²) in [7, 11) is -7.05. The van der Waals surface area contributed by atoms with E-state index in [4.69, 9.17) is 0 Å². The first-order chi connectivity index (χ1) is 9.74. The van der Waals surface area contributed by atoms with E-state index in [-0.39, 0.29) is 28.4 Å². The third-order valence-electron chi connectivity index (χ3n) is 3.76. The lowest BCUT2D eigenvalue weighted by atomic mass is 10.1. The van der Waals surface area contributed by atoms with E-state index in [1.807, 2.05) is 0 Å². The molecule has 21 heavy (non-hydrogen) atoms. The van der Waals surface area contributed by atoms with Crippen molar-refractivity contribution >= 4 is 19.9 Å². The van der Waals surface area contributed by atoms with Gasteiger partial charge in [0.1, 0.15) is 0 Å². The van der Waals surface area contributed by atoms with Crippen LogP contribution in [0.4, 0.5) is 0 Å². The number of sulfone groups is 1. The van der Waals surface area contributed by atoms with Crippen LogP contribution >= 0.6 is 0 Å². The summed E-state index contributed by atoms with van der Waals surface area (Å²) in [6.45, 7) is -0.0415. The van der Waals surface area contributed by atoms with Crippen LogP contribution in [0.3, 0.4) is 0 Å². The van der Waals surface area contributed by atoms with Crippen LogP contribution in [0, 0.1) is 5.92 Å². The number of aliphatic hydroxyl groups is 1. The van der Waals surface area contributed by atoms with E-state index in [1.54, 1.807) is 0 Å². The molecule has 8 heteroatoms. The molecule has 0 amide bonds. The Morgan fingerprint density at radius 1 is 1.10 bits per heavy atom. The maximum atomic E-state index is 12.3. The summed E-state index contributed by atoms with van der Waals surface area (Å²) in [5, 5.41) is 9.23. The number of aliphatic hydroxyl groups excluding tert-OH is 1. The van der Waals surface area contributed by atoms with Gasteiger partial charge in [-0.3, -0.25) is 0 Å². The van der Waals surface area contributed by atoms with E-state index in [0.717, 1.165) is 19.1 Å². The van der Waals surface area contributed by atoms with E-state index in [0.29, 0.717) is 6.42 Å². The normalized spacial score (nSPS) is 23.3. The van der Waals surface area contributed by atoms with E-state index in [9.17, 15) is 21.9 Å². The zero-order chi connectivity index (χ0) is 15.7. The van der Waals surface area contributed by atoms with Crippen molar-refractivity contribution in [2.45, 2.75) is 35.1 Å². The molecule has 0 saturated heterocycles. The summed E-state index contributed by atoms with van der Waals surface area (Å²) in [6, 6.07) is 4.85. The van der Waals surface area contributed by atoms with Crippen LogP contribution in [-0.2, 0) is 19.9 Å². The first-order valence-corrected chi connectivity index (χ1v) is 10.0. The van der Waals surface area contributed by atoms with Crippen molar-refractivity contribution in [1.29, 1.82) is 0 Å². The first kappa shape index (κ1) is 16.4. The van der Waals surface area contributed by atoms with Crippen molar-refractivity contribution in [3.8, 4) is 0 Å². The SMILES string of the molecule is CS(=O)(=O)c1ccc(S(=O)(=O)NC2CCCC2CO)cc1. The molecular weight excluding hydrogens is 314 g/mol. The van der Waals surface area contributed by atoms with Gasteiger partial charge in [-0.25, -0.2) is 21.6 Å². The van der Waals surface area contributed by atoms with Gasteiger partial charge in [0.15, 0.2) is 9.84 Å². The Morgan fingerprint density at radius 3 is 2.19 bits per heavy atom. The van der Waals surface area contributed by atoms with Crippen molar-refractivity contribution in [2.24, 2.45) is 5.92 Å². The zero-order valence-electron chi connectivity index (χ0n) is 11.7. The average molecular weight is 333 g/mol. The lowest BCUT2D eigenvalue weighted by molar-refractivity contribution is 0.213. The molecular formula is C13H19NO5S2. The van der Waals surface area contributed by atoms with Gasteiger partial charge in [0.2, 0.25) is 10.0 Å². The van der Waals surface area contributed by atoms with Crippen molar-refractivity contribution in [3.05, 3.63) is 24.3 Å². The fourth-order valence-corrected chi connectivity index (χ4v) is 4.51. The molecule has 0 aliphatic heterocycles. The molecule has 2 unspecified atom stereocenters. The van der Waals surface area contributed by atoms with Crippen molar-refractivity contribution in [2.75, 3.05) is 12.9 Å². The second-order valence-electron chi connectivity index (χ2n) is 5.34. The summed E-state index contributed by atoms with van der Waals surface area (Å²) in [5.41, 5.74) is 0. The summed E-state index contributed by atoms with van der Waals surface area (Å²) in [6.07, 6.45) is 3.45. The monoisotopic (exact) mass is 333 g/mol. The zero-order valence-corrected chi connectivity index (χ0v) is 13.3. The smallest absolute Gasteiger partial charge is 0.240 e. The molecule has 2 N–H and O–H groups in total.